The van der Waals surface area contributed by atoms with E-state index in [4.69, 9.17) is 0 Å². The maximum Gasteiger partial charge on any atom is 0.429 e. The number of aryl methyl sites for hydroxylation is 2. The summed E-state index contributed by atoms with van der Waals surface area (Å²) in [5, 5.41) is 0. The molecule has 3 rings (SSSR count). The number of alkyl halides is 2. The van der Waals surface area contributed by atoms with Crippen LogP contribution in [0.3, 0.4) is 0 Å². The molecule has 3 aromatic rings. The third-order valence-corrected chi connectivity index (χ3v) is 5.48. The average molecular weight is 536 g/mol. The van der Waals surface area contributed by atoms with Gasteiger partial charge in [0.25, 0.3) is 0 Å². The third kappa shape index (κ3) is 7.54. The highest BCUT2D eigenvalue weighted by atomic mass is 19.3. The van der Waals surface area contributed by atoms with E-state index in [2.05, 4.69) is 28.2 Å². The SMILES string of the molecule is CCCCCc1ccc(C#Cc2cc(F)c(C(F)(F)Oc3cc(F)c(OC=C(F)F)c(F)c3)cc2C)cc1. The van der Waals surface area contributed by atoms with Gasteiger partial charge in [-0.2, -0.15) is 17.6 Å². The minimum Gasteiger partial charge on any atom is -0.453 e. The molecule has 200 valence electrons. The first-order chi connectivity index (χ1) is 18.0. The second kappa shape index (κ2) is 12.5. The Labute approximate surface area is 215 Å². The molecule has 0 amide bonds. The maximum atomic E-state index is 14.7. The van der Waals surface area contributed by atoms with Gasteiger partial charge in [-0.1, -0.05) is 43.7 Å². The molecule has 0 unspecified atom stereocenters. The average Bonchev–Trinajstić information content (AvgIpc) is 2.84. The molecule has 3 aromatic carbocycles. The van der Waals surface area contributed by atoms with Crippen molar-refractivity contribution in [1.82, 2.24) is 0 Å². The molecule has 0 atom stereocenters. The van der Waals surface area contributed by atoms with Crippen LogP contribution in [0.5, 0.6) is 11.5 Å². The van der Waals surface area contributed by atoms with Gasteiger partial charge in [-0.05, 0) is 55.2 Å². The quantitative estimate of drug-likeness (QED) is 0.118. The zero-order valence-electron chi connectivity index (χ0n) is 20.5. The Balaban J connectivity index is 1.79. The Bertz CT molecular complexity index is 1340. The van der Waals surface area contributed by atoms with E-state index in [1.165, 1.54) is 12.5 Å². The topological polar surface area (TPSA) is 18.5 Å². The molecule has 0 aliphatic carbocycles. The van der Waals surface area contributed by atoms with Crippen LogP contribution in [0.1, 0.15) is 54.0 Å². The first-order valence-electron chi connectivity index (χ1n) is 11.7. The van der Waals surface area contributed by atoms with Gasteiger partial charge in [-0.25, -0.2) is 13.2 Å². The Kier molecular flexibility index (Phi) is 9.45. The zero-order chi connectivity index (χ0) is 27.9. The van der Waals surface area contributed by atoms with Gasteiger partial charge < -0.3 is 9.47 Å². The smallest absolute Gasteiger partial charge is 0.429 e. The van der Waals surface area contributed by atoms with Crippen molar-refractivity contribution >= 4 is 0 Å². The standard InChI is InChI=1S/C29H23F7O2/c1-3-4-5-6-19-7-9-20(10-8-19)11-12-21-14-24(30)23(13-18(21)2)29(35,36)38-22-15-25(31)28(26(32)16-22)37-17-27(33)34/h7-10,13-17H,3-6H2,1-2H3. The van der Waals surface area contributed by atoms with Crippen molar-refractivity contribution in [3.8, 4) is 23.3 Å². The summed E-state index contributed by atoms with van der Waals surface area (Å²) in [4.78, 5) is 0. The van der Waals surface area contributed by atoms with E-state index in [1.807, 2.05) is 24.3 Å². The number of benzene rings is 3. The van der Waals surface area contributed by atoms with Crippen molar-refractivity contribution in [2.24, 2.45) is 0 Å². The Morgan fingerprint density at radius 1 is 0.895 bits per heavy atom. The predicted molar refractivity (Wildman–Crippen MR) is 129 cm³/mol. The molecule has 0 radical (unpaired) electrons. The molecule has 9 heteroatoms. The van der Waals surface area contributed by atoms with E-state index in [9.17, 15) is 30.7 Å². The molecule has 0 spiro atoms. The van der Waals surface area contributed by atoms with Crippen molar-refractivity contribution in [1.29, 1.82) is 0 Å². The fourth-order valence-electron chi connectivity index (χ4n) is 3.53. The second-order valence-electron chi connectivity index (χ2n) is 8.41. The highest BCUT2D eigenvalue weighted by Gasteiger charge is 2.38. The van der Waals surface area contributed by atoms with E-state index in [0.717, 1.165) is 37.8 Å². The van der Waals surface area contributed by atoms with Crippen LogP contribution >= 0.6 is 0 Å². The first kappa shape index (κ1) is 28.6. The number of unbranched alkanes of at least 4 members (excludes halogenated alkanes) is 2. The van der Waals surface area contributed by atoms with E-state index in [1.54, 1.807) is 0 Å². The molecule has 38 heavy (non-hydrogen) atoms. The van der Waals surface area contributed by atoms with Gasteiger partial charge in [0.2, 0.25) is 0 Å². The van der Waals surface area contributed by atoms with Crippen LogP contribution in [-0.2, 0) is 12.5 Å². The lowest BCUT2D eigenvalue weighted by Gasteiger charge is -2.20. The summed E-state index contributed by atoms with van der Waals surface area (Å²) in [6.07, 6.45) is -2.61. The van der Waals surface area contributed by atoms with Gasteiger partial charge in [0, 0.05) is 23.3 Å². The van der Waals surface area contributed by atoms with Crippen molar-refractivity contribution in [2.75, 3.05) is 0 Å². The molecular weight excluding hydrogens is 513 g/mol. The van der Waals surface area contributed by atoms with E-state index >= 15 is 0 Å². The number of halogens is 7. The molecule has 0 heterocycles. The van der Waals surface area contributed by atoms with Crippen molar-refractivity contribution in [3.63, 3.8) is 0 Å². The Hall–Kier alpha value is -3.93. The van der Waals surface area contributed by atoms with Gasteiger partial charge in [-0.15, -0.1) is 0 Å². The highest BCUT2D eigenvalue weighted by molar-refractivity contribution is 5.48. The Morgan fingerprint density at radius 2 is 1.55 bits per heavy atom. The molecule has 0 aromatic heterocycles. The molecular formula is C29H23F7O2. The van der Waals surface area contributed by atoms with Crippen LogP contribution in [0.15, 0.2) is 60.9 Å². The van der Waals surface area contributed by atoms with Crippen LogP contribution in [0.25, 0.3) is 0 Å². The summed E-state index contributed by atoms with van der Waals surface area (Å²) in [5.41, 5.74) is 1.05. The molecule has 0 aliphatic heterocycles. The van der Waals surface area contributed by atoms with E-state index < -0.39 is 46.7 Å². The van der Waals surface area contributed by atoms with Crippen LogP contribution in [-0.4, -0.2) is 0 Å². The lowest BCUT2D eigenvalue weighted by atomic mass is 10.0. The molecule has 0 saturated carbocycles. The molecule has 0 N–H and O–H groups in total. The molecule has 0 bridgehead atoms. The predicted octanol–water partition coefficient (Wildman–Crippen LogP) is 8.79. The molecule has 2 nitrogen and oxygen atoms in total. The normalized spacial score (nSPS) is 11.0. The summed E-state index contributed by atoms with van der Waals surface area (Å²) in [7, 11) is 0. The van der Waals surface area contributed by atoms with Gasteiger partial charge in [0.1, 0.15) is 17.1 Å². The number of rotatable bonds is 9. The highest BCUT2D eigenvalue weighted by Crippen LogP contribution is 2.36. The lowest BCUT2D eigenvalue weighted by Crippen LogP contribution is -2.24. The van der Waals surface area contributed by atoms with Crippen molar-refractivity contribution < 1.29 is 40.2 Å². The summed E-state index contributed by atoms with van der Waals surface area (Å²) in [5.74, 6) is -1.12. The summed E-state index contributed by atoms with van der Waals surface area (Å²) < 4.78 is 105. The van der Waals surface area contributed by atoms with Crippen molar-refractivity contribution in [3.05, 3.63) is 106 Å². The van der Waals surface area contributed by atoms with Gasteiger partial charge in [0.05, 0.1) is 0 Å². The minimum absolute atomic E-state index is 0.167. The monoisotopic (exact) mass is 536 g/mol. The molecule has 0 saturated heterocycles. The molecule has 0 aliphatic rings. The number of hydrogen-bond donors (Lipinski definition) is 0. The first-order valence-corrected chi connectivity index (χ1v) is 11.7. The van der Waals surface area contributed by atoms with Crippen LogP contribution < -0.4 is 9.47 Å². The minimum atomic E-state index is -4.33. The second-order valence-corrected chi connectivity index (χ2v) is 8.41. The fraction of sp³-hybridized carbons (Fsp3) is 0.241. The lowest BCUT2D eigenvalue weighted by molar-refractivity contribution is -0.187. The number of ether oxygens (including phenoxy) is 2. The van der Waals surface area contributed by atoms with Crippen LogP contribution in [0.4, 0.5) is 30.7 Å². The van der Waals surface area contributed by atoms with Gasteiger partial charge in [0.15, 0.2) is 23.6 Å². The summed E-state index contributed by atoms with van der Waals surface area (Å²) >= 11 is 0. The fourth-order valence-corrected chi connectivity index (χ4v) is 3.53. The maximum absolute atomic E-state index is 14.7. The zero-order valence-corrected chi connectivity index (χ0v) is 20.5. The van der Waals surface area contributed by atoms with Crippen molar-refractivity contribution in [2.45, 2.75) is 45.6 Å². The van der Waals surface area contributed by atoms with Gasteiger partial charge in [-0.3, -0.25) is 0 Å². The number of hydrogen-bond acceptors (Lipinski definition) is 2. The van der Waals surface area contributed by atoms with Crippen LogP contribution in [0.2, 0.25) is 0 Å². The Morgan fingerprint density at radius 3 is 2.16 bits per heavy atom. The van der Waals surface area contributed by atoms with E-state index in [-0.39, 0.29) is 17.4 Å². The summed E-state index contributed by atoms with van der Waals surface area (Å²) in [6, 6.07) is 9.82. The van der Waals surface area contributed by atoms with E-state index in [0.29, 0.717) is 17.7 Å². The van der Waals surface area contributed by atoms with Crippen LogP contribution in [0, 0.1) is 36.2 Å². The summed E-state index contributed by atoms with van der Waals surface area (Å²) in [6.45, 7) is 3.57. The third-order valence-electron chi connectivity index (χ3n) is 5.48. The largest absolute Gasteiger partial charge is 0.453 e. The molecule has 0 fully saturated rings. The van der Waals surface area contributed by atoms with Gasteiger partial charge >= 0.3 is 12.2 Å².